The number of rotatable bonds is 5. The van der Waals surface area contributed by atoms with Gasteiger partial charge in [-0.2, -0.15) is 0 Å². The molecule has 0 heterocycles. The van der Waals surface area contributed by atoms with Gasteiger partial charge in [0.1, 0.15) is 30.5 Å². The van der Waals surface area contributed by atoms with E-state index in [-0.39, 0.29) is 5.69 Å². The van der Waals surface area contributed by atoms with Crippen molar-refractivity contribution in [2.24, 2.45) is 0 Å². The van der Waals surface area contributed by atoms with E-state index >= 15 is 0 Å². The predicted molar refractivity (Wildman–Crippen MR) is 75.9 cm³/mol. The zero-order chi connectivity index (χ0) is 13.7. The highest BCUT2D eigenvalue weighted by Crippen LogP contribution is 2.18. The van der Waals surface area contributed by atoms with Crippen molar-refractivity contribution in [3.63, 3.8) is 0 Å². The number of nitrogen functional groups attached to an aromatic ring is 1. The van der Waals surface area contributed by atoms with Crippen molar-refractivity contribution >= 4 is 21.6 Å². The molecule has 0 spiro atoms. The Hall–Kier alpha value is -1.75. The van der Waals surface area contributed by atoms with E-state index in [2.05, 4.69) is 15.9 Å². The third kappa shape index (κ3) is 4.13. The Bertz CT molecular complexity index is 546. The van der Waals surface area contributed by atoms with Crippen LogP contribution in [0.4, 0.5) is 10.1 Å². The maximum Gasteiger partial charge on any atom is 0.149 e. The first-order valence-corrected chi connectivity index (χ1v) is 6.50. The Balaban J connectivity index is 1.77. The molecule has 2 rings (SSSR count). The van der Waals surface area contributed by atoms with Gasteiger partial charge in [0, 0.05) is 10.5 Å². The van der Waals surface area contributed by atoms with Crippen molar-refractivity contribution < 1.29 is 13.9 Å². The molecule has 0 unspecified atom stereocenters. The second-order valence-electron chi connectivity index (χ2n) is 3.83. The Kier molecular flexibility index (Phi) is 4.63. The summed E-state index contributed by atoms with van der Waals surface area (Å²) in [6, 6.07) is 11.9. The van der Waals surface area contributed by atoms with E-state index < -0.39 is 5.82 Å². The van der Waals surface area contributed by atoms with Crippen LogP contribution in [0.15, 0.2) is 46.9 Å². The lowest BCUT2D eigenvalue weighted by Gasteiger charge is -2.09. The molecule has 2 aromatic rings. The second-order valence-corrected chi connectivity index (χ2v) is 4.75. The largest absolute Gasteiger partial charge is 0.490 e. The number of nitrogens with two attached hydrogens (primary N) is 1. The third-order valence-electron chi connectivity index (χ3n) is 2.41. The van der Waals surface area contributed by atoms with Crippen LogP contribution in [0.5, 0.6) is 11.5 Å². The fourth-order valence-electron chi connectivity index (χ4n) is 1.45. The van der Waals surface area contributed by atoms with Crippen LogP contribution in [-0.2, 0) is 0 Å². The molecule has 0 aliphatic carbocycles. The maximum atomic E-state index is 13.2. The van der Waals surface area contributed by atoms with Gasteiger partial charge in [-0.05, 0) is 36.4 Å². The predicted octanol–water partition coefficient (Wildman–Crippen LogP) is 3.63. The van der Waals surface area contributed by atoms with E-state index in [1.165, 1.54) is 12.1 Å². The molecule has 0 amide bonds. The van der Waals surface area contributed by atoms with Gasteiger partial charge in [-0.15, -0.1) is 0 Å². The molecular weight excluding hydrogens is 313 g/mol. The number of hydrogen-bond donors (Lipinski definition) is 1. The van der Waals surface area contributed by atoms with E-state index in [1.807, 2.05) is 24.3 Å². The first-order valence-electron chi connectivity index (χ1n) is 5.71. The van der Waals surface area contributed by atoms with Crippen LogP contribution in [0.3, 0.4) is 0 Å². The highest BCUT2D eigenvalue weighted by Gasteiger charge is 2.01. The lowest BCUT2D eigenvalue weighted by Crippen LogP contribution is -2.09. The fraction of sp³-hybridized carbons (Fsp3) is 0.143. The Morgan fingerprint density at radius 1 is 0.947 bits per heavy atom. The standard InChI is InChI=1S/C14H13BrFNO2/c15-10-1-3-11(4-2-10)18-7-8-19-12-5-6-14(17)13(16)9-12/h1-6,9H,7-8,17H2. The molecule has 19 heavy (non-hydrogen) atoms. The average molecular weight is 326 g/mol. The molecule has 0 saturated carbocycles. The summed E-state index contributed by atoms with van der Waals surface area (Å²) in [6.45, 7) is 0.715. The summed E-state index contributed by atoms with van der Waals surface area (Å²) in [5, 5.41) is 0. The van der Waals surface area contributed by atoms with Crippen molar-refractivity contribution in [3.8, 4) is 11.5 Å². The molecule has 2 N–H and O–H groups in total. The molecule has 0 fully saturated rings. The van der Waals surface area contributed by atoms with Gasteiger partial charge in [-0.3, -0.25) is 0 Å². The van der Waals surface area contributed by atoms with Crippen LogP contribution >= 0.6 is 15.9 Å². The first-order chi connectivity index (χ1) is 9.15. The quantitative estimate of drug-likeness (QED) is 0.674. The van der Waals surface area contributed by atoms with Crippen LogP contribution in [0.25, 0.3) is 0 Å². The number of halogens is 2. The molecule has 0 atom stereocenters. The Morgan fingerprint density at radius 2 is 1.53 bits per heavy atom. The summed E-state index contributed by atoms with van der Waals surface area (Å²) in [5.74, 6) is 0.715. The molecule has 0 bridgehead atoms. The van der Waals surface area contributed by atoms with E-state index in [0.29, 0.717) is 19.0 Å². The first kappa shape index (κ1) is 13.7. The third-order valence-corrected chi connectivity index (χ3v) is 2.94. The van der Waals surface area contributed by atoms with Gasteiger partial charge < -0.3 is 15.2 Å². The molecule has 100 valence electrons. The minimum Gasteiger partial charge on any atom is -0.490 e. The zero-order valence-electron chi connectivity index (χ0n) is 10.1. The van der Waals surface area contributed by atoms with Crippen LogP contribution < -0.4 is 15.2 Å². The summed E-state index contributed by atoms with van der Waals surface area (Å²) < 4.78 is 25.0. The van der Waals surface area contributed by atoms with Gasteiger partial charge in [-0.25, -0.2) is 4.39 Å². The summed E-state index contributed by atoms with van der Waals surface area (Å²) in [5.41, 5.74) is 5.48. The van der Waals surface area contributed by atoms with Crippen molar-refractivity contribution in [3.05, 3.63) is 52.8 Å². The Labute approximate surface area is 119 Å². The van der Waals surface area contributed by atoms with Gasteiger partial charge in [0.2, 0.25) is 0 Å². The van der Waals surface area contributed by atoms with Crippen molar-refractivity contribution in [2.75, 3.05) is 18.9 Å². The van der Waals surface area contributed by atoms with E-state index in [4.69, 9.17) is 15.2 Å². The molecule has 0 radical (unpaired) electrons. The zero-order valence-corrected chi connectivity index (χ0v) is 11.7. The van der Waals surface area contributed by atoms with Crippen molar-refractivity contribution in [1.82, 2.24) is 0 Å². The minimum absolute atomic E-state index is 0.110. The number of anilines is 1. The molecule has 3 nitrogen and oxygen atoms in total. The fourth-order valence-corrected chi connectivity index (χ4v) is 1.71. The summed E-state index contributed by atoms with van der Waals surface area (Å²) >= 11 is 3.34. The van der Waals surface area contributed by atoms with E-state index in [0.717, 1.165) is 10.2 Å². The molecule has 0 aliphatic heterocycles. The van der Waals surface area contributed by atoms with Crippen LogP contribution in [-0.4, -0.2) is 13.2 Å². The van der Waals surface area contributed by atoms with Crippen LogP contribution in [0.1, 0.15) is 0 Å². The van der Waals surface area contributed by atoms with Gasteiger partial charge in [0.05, 0.1) is 5.69 Å². The van der Waals surface area contributed by atoms with Gasteiger partial charge >= 0.3 is 0 Å². The lowest BCUT2D eigenvalue weighted by atomic mass is 10.3. The van der Waals surface area contributed by atoms with E-state index in [9.17, 15) is 4.39 Å². The highest BCUT2D eigenvalue weighted by molar-refractivity contribution is 9.10. The normalized spacial score (nSPS) is 10.2. The average Bonchev–Trinajstić information content (AvgIpc) is 2.41. The van der Waals surface area contributed by atoms with Crippen molar-refractivity contribution in [1.29, 1.82) is 0 Å². The molecule has 0 aromatic heterocycles. The van der Waals surface area contributed by atoms with E-state index in [1.54, 1.807) is 6.07 Å². The number of benzene rings is 2. The lowest BCUT2D eigenvalue weighted by molar-refractivity contribution is 0.216. The molecular formula is C14H13BrFNO2. The smallest absolute Gasteiger partial charge is 0.149 e. The summed E-state index contributed by atoms with van der Waals surface area (Å²) in [7, 11) is 0. The van der Waals surface area contributed by atoms with Crippen LogP contribution in [0, 0.1) is 5.82 Å². The van der Waals surface area contributed by atoms with Crippen LogP contribution in [0.2, 0.25) is 0 Å². The molecule has 2 aromatic carbocycles. The van der Waals surface area contributed by atoms with Gasteiger partial charge in [-0.1, -0.05) is 15.9 Å². The summed E-state index contributed by atoms with van der Waals surface area (Å²) in [4.78, 5) is 0. The number of ether oxygens (including phenoxy) is 2. The van der Waals surface area contributed by atoms with Crippen molar-refractivity contribution in [2.45, 2.75) is 0 Å². The van der Waals surface area contributed by atoms with Gasteiger partial charge in [0.15, 0.2) is 0 Å². The highest BCUT2D eigenvalue weighted by atomic mass is 79.9. The minimum atomic E-state index is -0.480. The topological polar surface area (TPSA) is 44.5 Å². The molecule has 0 saturated heterocycles. The number of hydrogen-bond acceptors (Lipinski definition) is 3. The summed E-state index contributed by atoms with van der Waals surface area (Å²) in [6.07, 6.45) is 0. The maximum absolute atomic E-state index is 13.2. The molecule has 5 heteroatoms. The van der Waals surface area contributed by atoms with Gasteiger partial charge in [0.25, 0.3) is 0 Å². The monoisotopic (exact) mass is 325 g/mol. The Morgan fingerprint density at radius 3 is 2.16 bits per heavy atom. The molecule has 0 aliphatic rings. The SMILES string of the molecule is Nc1ccc(OCCOc2ccc(Br)cc2)cc1F. The second kappa shape index (κ2) is 6.43.